The summed E-state index contributed by atoms with van der Waals surface area (Å²) >= 11 is 0. The van der Waals surface area contributed by atoms with E-state index in [9.17, 15) is 9.90 Å². The number of aromatic amines is 1. The normalized spacial score (nSPS) is 13.8. The van der Waals surface area contributed by atoms with Crippen LogP contribution in [0.2, 0.25) is 0 Å². The van der Waals surface area contributed by atoms with Crippen LogP contribution in [-0.4, -0.2) is 22.0 Å². The van der Waals surface area contributed by atoms with Crippen LogP contribution in [-0.2, 0) is 0 Å². The lowest BCUT2D eigenvalue weighted by molar-refractivity contribution is 0.0916. The van der Waals surface area contributed by atoms with Crippen molar-refractivity contribution in [3.8, 4) is 0 Å². The van der Waals surface area contributed by atoms with Crippen molar-refractivity contribution in [3.63, 3.8) is 0 Å². The molecule has 3 N–H and O–H groups in total. The van der Waals surface area contributed by atoms with Crippen molar-refractivity contribution in [1.82, 2.24) is 10.3 Å². The zero-order chi connectivity index (χ0) is 14.5. The van der Waals surface area contributed by atoms with Gasteiger partial charge in [-0.1, -0.05) is 30.3 Å². The second-order valence-electron chi connectivity index (χ2n) is 5.05. The highest BCUT2D eigenvalue weighted by atomic mass is 16.3. The molecular formula is C16H20N2O2. The van der Waals surface area contributed by atoms with Crippen molar-refractivity contribution in [2.45, 2.75) is 32.4 Å². The van der Waals surface area contributed by atoms with Crippen LogP contribution in [0.3, 0.4) is 0 Å². The summed E-state index contributed by atoms with van der Waals surface area (Å²) in [4.78, 5) is 15.0. The Labute approximate surface area is 118 Å². The van der Waals surface area contributed by atoms with Crippen molar-refractivity contribution >= 4 is 5.91 Å². The molecule has 0 aliphatic carbocycles. The number of nitrogens with one attached hydrogen (secondary N) is 2. The lowest BCUT2D eigenvalue weighted by Crippen LogP contribution is -2.33. The van der Waals surface area contributed by atoms with Crippen molar-refractivity contribution in [1.29, 1.82) is 0 Å². The molecule has 4 heteroatoms. The van der Waals surface area contributed by atoms with Crippen molar-refractivity contribution < 1.29 is 9.90 Å². The molecule has 0 radical (unpaired) electrons. The van der Waals surface area contributed by atoms with E-state index in [1.807, 2.05) is 44.2 Å². The van der Waals surface area contributed by atoms with Crippen molar-refractivity contribution in [3.05, 3.63) is 59.4 Å². The first-order chi connectivity index (χ1) is 9.58. The Hall–Kier alpha value is -2.07. The van der Waals surface area contributed by atoms with Crippen molar-refractivity contribution in [2.75, 3.05) is 0 Å². The molecule has 0 aliphatic rings. The second-order valence-corrected chi connectivity index (χ2v) is 5.05. The lowest BCUT2D eigenvalue weighted by Gasteiger charge is -2.18. The predicted octanol–water partition coefficient (Wildman–Crippen LogP) is 2.57. The number of H-pyrrole nitrogens is 1. The molecule has 2 aromatic rings. The van der Waals surface area contributed by atoms with Crippen LogP contribution in [0.15, 0.2) is 42.6 Å². The number of hydrogen-bond acceptors (Lipinski definition) is 2. The number of carbonyl (C=O) groups is 1. The van der Waals surface area contributed by atoms with Crippen LogP contribution in [0, 0.1) is 6.92 Å². The Morgan fingerprint density at radius 1 is 1.30 bits per heavy atom. The summed E-state index contributed by atoms with van der Waals surface area (Å²) in [5.41, 5.74) is 2.36. The first-order valence-corrected chi connectivity index (χ1v) is 6.75. The van der Waals surface area contributed by atoms with Crippen LogP contribution in [0.4, 0.5) is 0 Å². The molecule has 1 heterocycles. The highest BCUT2D eigenvalue weighted by Gasteiger charge is 2.16. The topological polar surface area (TPSA) is 65.1 Å². The van der Waals surface area contributed by atoms with E-state index >= 15 is 0 Å². The number of aryl methyl sites for hydroxylation is 1. The summed E-state index contributed by atoms with van der Waals surface area (Å²) < 4.78 is 0. The van der Waals surface area contributed by atoms with Gasteiger partial charge in [0, 0.05) is 17.9 Å². The summed E-state index contributed by atoms with van der Waals surface area (Å²) in [6.45, 7) is 3.75. The molecule has 0 unspecified atom stereocenters. The van der Waals surface area contributed by atoms with Gasteiger partial charge in [0.25, 0.3) is 5.91 Å². The molecule has 20 heavy (non-hydrogen) atoms. The minimum Gasteiger partial charge on any atom is -0.388 e. The van der Waals surface area contributed by atoms with E-state index < -0.39 is 6.10 Å². The fourth-order valence-electron chi connectivity index (χ4n) is 2.21. The molecular weight excluding hydrogens is 252 g/mol. The molecule has 1 aromatic heterocycles. The molecule has 0 fully saturated rings. The Bertz CT molecular complexity index is 563. The summed E-state index contributed by atoms with van der Waals surface area (Å²) in [6.07, 6.45) is 1.66. The molecule has 4 nitrogen and oxygen atoms in total. The first-order valence-electron chi connectivity index (χ1n) is 6.75. The highest BCUT2D eigenvalue weighted by molar-refractivity contribution is 5.95. The number of benzene rings is 1. The van der Waals surface area contributed by atoms with E-state index in [4.69, 9.17) is 0 Å². The molecule has 1 aromatic carbocycles. The minimum absolute atomic E-state index is 0.105. The Morgan fingerprint density at radius 2 is 2.00 bits per heavy atom. The minimum atomic E-state index is -0.571. The molecule has 106 valence electrons. The van der Waals surface area contributed by atoms with E-state index in [-0.39, 0.29) is 11.9 Å². The zero-order valence-corrected chi connectivity index (χ0v) is 11.8. The molecule has 0 aliphatic heterocycles. The number of rotatable bonds is 5. The van der Waals surface area contributed by atoms with Crippen LogP contribution >= 0.6 is 0 Å². The van der Waals surface area contributed by atoms with Gasteiger partial charge in [0.2, 0.25) is 0 Å². The summed E-state index contributed by atoms with van der Waals surface area (Å²) in [5, 5.41) is 13.0. The standard InChI is InChI=1S/C16H20N2O2/c1-11(10-15(19)13-6-4-3-5-7-13)18-16(20)14-8-9-17-12(14)2/h3-9,11,15,17,19H,10H2,1-2H3,(H,18,20)/t11-,15-/m0/s1. The first kappa shape index (κ1) is 14.3. The van der Waals surface area contributed by atoms with Gasteiger partial charge in [0.05, 0.1) is 11.7 Å². The van der Waals surface area contributed by atoms with E-state index in [1.54, 1.807) is 12.3 Å². The number of aliphatic hydroxyl groups excluding tert-OH is 1. The maximum Gasteiger partial charge on any atom is 0.253 e. The Kier molecular flexibility index (Phi) is 4.58. The van der Waals surface area contributed by atoms with Crippen molar-refractivity contribution in [2.24, 2.45) is 0 Å². The van der Waals surface area contributed by atoms with E-state index in [1.165, 1.54) is 0 Å². The second kappa shape index (κ2) is 6.39. The van der Waals surface area contributed by atoms with E-state index in [2.05, 4.69) is 10.3 Å². The number of carbonyl (C=O) groups excluding carboxylic acids is 1. The van der Waals surface area contributed by atoms with Crippen LogP contribution in [0.1, 0.15) is 41.1 Å². The van der Waals surface area contributed by atoms with Gasteiger partial charge in [-0.3, -0.25) is 4.79 Å². The van der Waals surface area contributed by atoms with Gasteiger partial charge in [-0.25, -0.2) is 0 Å². The number of amides is 1. The number of aliphatic hydroxyl groups is 1. The maximum atomic E-state index is 12.0. The molecule has 0 spiro atoms. The largest absolute Gasteiger partial charge is 0.388 e. The molecule has 0 saturated heterocycles. The zero-order valence-electron chi connectivity index (χ0n) is 11.8. The fourth-order valence-corrected chi connectivity index (χ4v) is 2.21. The monoisotopic (exact) mass is 272 g/mol. The van der Waals surface area contributed by atoms with Crippen LogP contribution in [0.25, 0.3) is 0 Å². The maximum absolute atomic E-state index is 12.0. The van der Waals surface area contributed by atoms with Gasteiger partial charge in [-0.15, -0.1) is 0 Å². The third-order valence-corrected chi connectivity index (χ3v) is 3.34. The third-order valence-electron chi connectivity index (χ3n) is 3.34. The smallest absolute Gasteiger partial charge is 0.253 e. The van der Waals surface area contributed by atoms with E-state index in [0.717, 1.165) is 11.3 Å². The average Bonchev–Trinajstić information content (AvgIpc) is 2.86. The molecule has 1 amide bonds. The fraction of sp³-hybridized carbons (Fsp3) is 0.312. The van der Waals surface area contributed by atoms with Gasteiger partial charge >= 0.3 is 0 Å². The lowest BCUT2D eigenvalue weighted by atomic mass is 10.0. The average molecular weight is 272 g/mol. The SMILES string of the molecule is Cc1[nH]ccc1C(=O)N[C@@H](C)C[C@H](O)c1ccccc1. The summed E-state index contributed by atoms with van der Waals surface area (Å²) in [5.74, 6) is -0.114. The molecule has 2 atom stereocenters. The Balaban J connectivity index is 1.91. The van der Waals surface area contributed by atoms with Crippen LogP contribution in [0.5, 0.6) is 0 Å². The van der Waals surface area contributed by atoms with Gasteiger partial charge in [-0.2, -0.15) is 0 Å². The summed E-state index contributed by atoms with van der Waals surface area (Å²) in [7, 11) is 0. The quantitative estimate of drug-likeness (QED) is 0.783. The van der Waals surface area contributed by atoms with Gasteiger partial charge in [0.15, 0.2) is 0 Å². The number of hydrogen-bond donors (Lipinski definition) is 3. The summed E-state index contributed by atoms with van der Waals surface area (Å²) in [6, 6.07) is 11.1. The van der Waals surface area contributed by atoms with E-state index in [0.29, 0.717) is 12.0 Å². The molecule has 0 bridgehead atoms. The molecule has 2 rings (SSSR count). The highest BCUT2D eigenvalue weighted by Crippen LogP contribution is 2.18. The van der Waals surface area contributed by atoms with Gasteiger partial charge in [-0.05, 0) is 31.9 Å². The number of aromatic nitrogens is 1. The predicted molar refractivity (Wildman–Crippen MR) is 78.5 cm³/mol. The third kappa shape index (κ3) is 3.48. The van der Waals surface area contributed by atoms with Gasteiger partial charge in [0.1, 0.15) is 0 Å². The van der Waals surface area contributed by atoms with Crippen LogP contribution < -0.4 is 5.32 Å². The Morgan fingerprint density at radius 3 is 2.60 bits per heavy atom. The van der Waals surface area contributed by atoms with Gasteiger partial charge < -0.3 is 15.4 Å². The molecule has 0 saturated carbocycles.